The van der Waals surface area contributed by atoms with Gasteiger partial charge in [0.1, 0.15) is 11.9 Å². The first-order valence-electron chi connectivity index (χ1n) is 7.13. The molecule has 5 nitrogen and oxygen atoms in total. The molecule has 114 valence electrons. The van der Waals surface area contributed by atoms with Crippen LogP contribution in [0.25, 0.3) is 6.08 Å². The minimum atomic E-state index is -1.00. The van der Waals surface area contributed by atoms with Gasteiger partial charge in [-0.05, 0) is 11.6 Å². The molecular weight excluding hydrogens is 284 g/mol. The molecule has 3 unspecified atom stereocenters. The fraction of sp³-hybridized carbons (Fsp3) is 0.294. The van der Waals surface area contributed by atoms with Crippen LogP contribution in [0, 0.1) is 5.92 Å². The third kappa shape index (κ3) is 2.67. The first-order valence-corrected chi connectivity index (χ1v) is 7.13. The van der Waals surface area contributed by atoms with Crippen LogP contribution < -0.4 is 0 Å². The number of carbonyl (C=O) groups is 2. The predicted molar refractivity (Wildman–Crippen MR) is 78.7 cm³/mol. The van der Waals surface area contributed by atoms with Crippen molar-refractivity contribution in [3.8, 4) is 0 Å². The van der Waals surface area contributed by atoms with E-state index in [2.05, 4.69) is 0 Å². The number of fused-ring (bicyclic) bond motifs is 1. The van der Waals surface area contributed by atoms with Gasteiger partial charge in [-0.25, -0.2) is 0 Å². The van der Waals surface area contributed by atoms with Crippen LogP contribution in [0.15, 0.2) is 47.7 Å². The van der Waals surface area contributed by atoms with E-state index >= 15 is 0 Å². The van der Waals surface area contributed by atoms with Crippen LogP contribution in [-0.4, -0.2) is 34.2 Å². The molecule has 1 saturated carbocycles. The van der Waals surface area contributed by atoms with E-state index in [1.165, 1.54) is 6.08 Å². The number of allylic oxidation sites excluding steroid dienone is 1. The van der Waals surface area contributed by atoms with E-state index in [1.54, 1.807) is 6.08 Å². The highest BCUT2D eigenvalue weighted by Gasteiger charge is 2.48. The predicted octanol–water partition coefficient (Wildman–Crippen LogP) is 1.78. The number of carbonyl (C=O) groups excluding carboxylic acids is 2. The second-order valence-corrected chi connectivity index (χ2v) is 5.50. The van der Waals surface area contributed by atoms with Crippen molar-refractivity contribution in [1.29, 1.82) is 0 Å². The third-order valence-electron chi connectivity index (χ3n) is 4.00. The summed E-state index contributed by atoms with van der Waals surface area (Å²) in [6.45, 7) is 0. The number of hydrogen-bond donors (Lipinski definition) is 2. The molecule has 1 aliphatic heterocycles. The molecule has 0 radical (unpaired) electrons. The van der Waals surface area contributed by atoms with Gasteiger partial charge in [0, 0.05) is 17.9 Å². The van der Waals surface area contributed by atoms with Gasteiger partial charge in [-0.1, -0.05) is 36.4 Å². The molecule has 22 heavy (non-hydrogen) atoms. The zero-order valence-corrected chi connectivity index (χ0v) is 11.8. The van der Waals surface area contributed by atoms with Gasteiger partial charge < -0.3 is 14.9 Å². The molecule has 2 fully saturated rings. The lowest BCUT2D eigenvalue weighted by Crippen LogP contribution is -2.41. The topological polar surface area (TPSA) is 83.8 Å². The van der Waals surface area contributed by atoms with Crippen molar-refractivity contribution >= 4 is 17.8 Å². The SMILES string of the molecule is O=C1CC2C(=C(O)C=Cc3ccccc3)C(=O)CC(O)C2O1. The van der Waals surface area contributed by atoms with Crippen molar-refractivity contribution in [1.82, 2.24) is 0 Å². The summed E-state index contributed by atoms with van der Waals surface area (Å²) in [4.78, 5) is 23.6. The van der Waals surface area contributed by atoms with E-state index in [0.717, 1.165) is 5.56 Å². The number of Topliss-reactive ketones (excluding diaryl/α,β-unsaturated/α-hetero) is 1. The molecule has 3 atom stereocenters. The second kappa shape index (κ2) is 5.77. The van der Waals surface area contributed by atoms with E-state index in [0.29, 0.717) is 0 Å². The summed E-state index contributed by atoms with van der Waals surface area (Å²) < 4.78 is 5.06. The third-order valence-corrected chi connectivity index (χ3v) is 4.00. The van der Waals surface area contributed by atoms with Crippen molar-refractivity contribution < 1.29 is 24.5 Å². The van der Waals surface area contributed by atoms with Gasteiger partial charge in [0.25, 0.3) is 0 Å². The molecule has 2 aliphatic rings. The maximum Gasteiger partial charge on any atom is 0.306 e. The summed E-state index contributed by atoms with van der Waals surface area (Å²) in [5.74, 6) is -1.55. The molecule has 0 amide bonds. The summed E-state index contributed by atoms with van der Waals surface area (Å²) in [5.41, 5.74) is 1.06. The van der Waals surface area contributed by atoms with E-state index in [-0.39, 0.29) is 30.0 Å². The van der Waals surface area contributed by atoms with Crippen LogP contribution in [0.2, 0.25) is 0 Å². The highest BCUT2D eigenvalue weighted by molar-refractivity contribution is 5.99. The maximum atomic E-state index is 12.1. The largest absolute Gasteiger partial charge is 0.508 e. The summed E-state index contributed by atoms with van der Waals surface area (Å²) in [7, 11) is 0. The van der Waals surface area contributed by atoms with Gasteiger partial charge in [-0.2, -0.15) is 0 Å². The lowest BCUT2D eigenvalue weighted by atomic mass is 9.78. The minimum Gasteiger partial charge on any atom is -0.508 e. The highest BCUT2D eigenvalue weighted by atomic mass is 16.6. The molecule has 0 bridgehead atoms. The van der Waals surface area contributed by atoms with Crippen molar-refractivity contribution in [3.05, 3.63) is 53.3 Å². The lowest BCUT2D eigenvalue weighted by Gasteiger charge is -2.29. The van der Waals surface area contributed by atoms with Crippen LogP contribution in [0.1, 0.15) is 18.4 Å². The summed E-state index contributed by atoms with van der Waals surface area (Å²) in [6, 6.07) is 9.35. The van der Waals surface area contributed by atoms with Crippen molar-refractivity contribution in [2.45, 2.75) is 25.0 Å². The number of ketones is 1. The van der Waals surface area contributed by atoms with Crippen LogP contribution in [0.3, 0.4) is 0 Å². The molecule has 1 aromatic carbocycles. The fourth-order valence-electron chi connectivity index (χ4n) is 2.98. The maximum absolute atomic E-state index is 12.1. The molecule has 0 spiro atoms. The molecule has 1 aromatic rings. The van der Waals surface area contributed by atoms with Crippen LogP contribution in [0.4, 0.5) is 0 Å². The molecule has 3 rings (SSSR count). The number of ether oxygens (including phenoxy) is 1. The quantitative estimate of drug-likeness (QED) is 0.494. The Morgan fingerprint density at radius 1 is 1.18 bits per heavy atom. The Labute approximate surface area is 127 Å². The molecule has 2 N–H and O–H groups in total. The van der Waals surface area contributed by atoms with Gasteiger partial charge >= 0.3 is 5.97 Å². The fourth-order valence-corrected chi connectivity index (χ4v) is 2.98. The Kier molecular flexibility index (Phi) is 3.81. The standard InChI is InChI=1S/C17H16O5/c18-12(7-6-10-4-2-1-3-5-10)16-11-8-15(21)22-17(11)14(20)9-13(16)19/h1-7,11,14,17-18,20H,8-9H2. The lowest BCUT2D eigenvalue weighted by molar-refractivity contribution is -0.148. The van der Waals surface area contributed by atoms with Gasteiger partial charge in [-0.15, -0.1) is 0 Å². The number of benzene rings is 1. The Morgan fingerprint density at radius 3 is 2.64 bits per heavy atom. The van der Waals surface area contributed by atoms with E-state index in [9.17, 15) is 19.8 Å². The van der Waals surface area contributed by atoms with E-state index < -0.39 is 24.1 Å². The average molecular weight is 300 g/mol. The van der Waals surface area contributed by atoms with E-state index in [4.69, 9.17) is 4.74 Å². The summed E-state index contributed by atoms with van der Waals surface area (Å²) >= 11 is 0. The minimum absolute atomic E-state index is 0.00599. The van der Waals surface area contributed by atoms with Gasteiger partial charge in [0.2, 0.25) is 0 Å². The number of esters is 1. The summed E-state index contributed by atoms with van der Waals surface area (Å²) in [5, 5.41) is 20.1. The number of aliphatic hydroxyl groups excluding tert-OH is 2. The average Bonchev–Trinajstić information content (AvgIpc) is 2.88. The number of aliphatic hydroxyl groups is 2. The van der Waals surface area contributed by atoms with Crippen LogP contribution >= 0.6 is 0 Å². The first kappa shape index (κ1) is 14.5. The molecule has 1 heterocycles. The number of hydrogen-bond acceptors (Lipinski definition) is 5. The Balaban J connectivity index is 1.91. The highest BCUT2D eigenvalue weighted by Crippen LogP contribution is 2.38. The Hall–Kier alpha value is -2.40. The van der Waals surface area contributed by atoms with Crippen molar-refractivity contribution in [2.75, 3.05) is 0 Å². The summed E-state index contributed by atoms with van der Waals surface area (Å²) in [6.07, 6.45) is 1.25. The van der Waals surface area contributed by atoms with Gasteiger partial charge in [0.05, 0.1) is 12.5 Å². The monoisotopic (exact) mass is 300 g/mol. The van der Waals surface area contributed by atoms with E-state index in [1.807, 2.05) is 30.3 Å². The zero-order valence-electron chi connectivity index (χ0n) is 11.8. The Bertz CT molecular complexity index is 659. The van der Waals surface area contributed by atoms with Crippen LogP contribution in [-0.2, 0) is 14.3 Å². The Morgan fingerprint density at radius 2 is 1.91 bits per heavy atom. The molecule has 1 aliphatic carbocycles. The van der Waals surface area contributed by atoms with Gasteiger partial charge in [0.15, 0.2) is 5.78 Å². The smallest absolute Gasteiger partial charge is 0.306 e. The molecular formula is C17H16O5. The van der Waals surface area contributed by atoms with Crippen molar-refractivity contribution in [3.63, 3.8) is 0 Å². The van der Waals surface area contributed by atoms with Crippen LogP contribution in [0.5, 0.6) is 0 Å². The first-order chi connectivity index (χ1) is 10.6. The molecule has 1 saturated heterocycles. The van der Waals surface area contributed by atoms with Gasteiger partial charge in [-0.3, -0.25) is 9.59 Å². The molecule has 5 heteroatoms. The second-order valence-electron chi connectivity index (χ2n) is 5.50. The normalized spacial score (nSPS) is 30.3. The van der Waals surface area contributed by atoms with Crippen molar-refractivity contribution in [2.24, 2.45) is 5.92 Å². The zero-order chi connectivity index (χ0) is 15.7. The molecule has 0 aromatic heterocycles. The number of rotatable bonds is 2.